The van der Waals surface area contributed by atoms with Crippen LogP contribution in [0.3, 0.4) is 0 Å². The van der Waals surface area contributed by atoms with Crippen LogP contribution in [0.4, 0.5) is 0 Å². The van der Waals surface area contributed by atoms with Crippen LogP contribution in [0, 0.1) is 5.92 Å². The lowest BCUT2D eigenvalue weighted by molar-refractivity contribution is 0.270. The maximum Gasteiger partial charge on any atom is 0.232 e. The number of hydrogen-bond donors (Lipinski definition) is 0. The molecule has 0 aliphatic rings. The Hall–Kier alpha value is -0.740. The van der Waals surface area contributed by atoms with E-state index in [1.54, 1.807) is 6.92 Å². The zero-order valence-corrected chi connectivity index (χ0v) is 11.6. The van der Waals surface area contributed by atoms with Crippen LogP contribution in [0.1, 0.15) is 19.4 Å². The molecule has 0 N–H and O–H groups in total. The Morgan fingerprint density at radius 2 is 2.00 bits per heavy atom. The highest BCUT2D eigenvalue weighted by Crippen LogP contribution is 2.19. The van der Waals surface area contributed by atoms with E-state index in [4.69, 9.17) is 15.4 Å². The van der Waals surface area contributed by atoms with Gasteiger partial charge in [0.2, 0.25) is 9.05 Å². The summed E-state index contributed by atoms with van der Waals surface area (Å²) in [6.07, 6.45) is 0.887. The highest BCUT2D eigenvalue weighted by molar-refractivity contribution is 8.13. The zero-order chi connectivity index (χ0) is 12.9. The van der Waals surface area contributed by atoms with Crippen molar-refractivity contribution in [1.82, 2.24) is 0 Å². The van der Waals surface area contributed by atoms with Gasteiger partial charge in [0.1, 0.15) is 5.75 Å². The van der Waals surface area contributed by atoms with Crippen molar-refractivity contribution in [2.45, 2.75) is 20.3 Å². The van der Waals surface area contributed by atoms with E-state index in [0.717, 1.165) is 17.7 Å². The maximum atomic E-state index is 10.9. The molecule has 1 aromatic carbocycles. The Bertz CT molecular complexity index is 457. The highest BCUT2D eigenvalue weighted by atomic mass is 35.7. The average Bonchev–Trinajstić information content (AvgIpc) is 2.24. The first-order chi connectivity index (χ1) is 7.92. The first-order valence-electron chi connectivity index (χ1n) is 5.55. The first-order valence-corrected chi connectivity index (χ1v) is 8.03. The van der Waals surface area contributed by atoms with Gasteiger partial charge in [-0.05, 0) is 18.1 Å². The monoisotopic (exact) mass is 276 g/mol. The van der Waals surface area contributed by atoms with Gasteiger partial charge in [0.25, 0.3) is 0 Å². The fourth-order valence-corrected chi connectivity index (χ4v) is 2.98. The summed E-state index contributed by atoms with van der Waals surface area (Å²) < 4.78 is 27.4. The lowest BCUT2D eigenvalue weighted by Crippen LogP contribution is -2.16. The highest BCUT2D eigenvalue weighted by Gasteiger charge is 2.13. The normalized spacial score (nSPS) is 13.4. The van der Waals surface area contributed by atoms with Crippen LogP contribution in [0.15, 0.2) is 24.3 Å². The number of hydrogen-bond acceptors (Lipinski definition) is 3. The fourth-order valence-electron chi connectivity index (χ4n) is 1.56. The quantitative estimate of drug-likeness (QED) is 0.751. The van der Waals surface area contributed by atoms with Gasteiger partial charge in [0.15, 0.2) is 0 Å². The lowest BCUT2D eigenvalue weighted by Gasteiger charge is -2.13. The molecule has 1 rings (SSSR count). The van der Waals surface area contributed by atoms with Gasteiger partial charge >= 0.3 is 0 Å². The van der Waals surface area contributed by atoms with E-state index < -0.39 is 9.05 Å². The van der Waals surface area contributed by atoms with Gasteiger partial charge in [-0.1, -0.05) is 32.0 Å². The van der Waals surface area contributed by atoms with Crippen molar-refractivity contribution in [1.29, 1.82) is 0 Å². The summed E-state index contributed by atoms with van der Waals surface area (Å²) in [5.74, 6) is 0.624. The predicted octanol–water partition coefficient (Wildman–Crippen LogP) is 2.83. The summed E-state index contributed by atoms with van der Waals surface area (Å²) in [4.78, 5) is 0. The molecule has 0 aliphatic heterocycles. The summed E-state index contributed by atoms with van der Waals surface area (Å²) in [5.41, 5.74) is 1.12. The summed E-state index contributed by atoms with van der Waals surface area (Å²) in [6.45, 7) is 4.20. The molecule has 0 heterocycles. The number of aryl methyl sites for hydroxylation is 1. The molecule has 0 bridgehead atoms. The van der Waals surface area contributed by atoms with E-state index in [9.17, 15) is 8.42 Å². The molecule has 5 heteroatoms. The lowest BCUT2D eigenvalue weighted by atomic mass is 10.1. The van der Waals surface area contributed by atoms with Crippen molar-refractivity contribution < 1.29 is 13.2 Å². The SMILES string of the molecule is CCc1ccccc1OCC(C)CS(=O)(=O)Cl. The predicted molar refractivity (Wildman–Crippen MR) is 70.1 cm³/mol. The molecule has 3 nitrogen and oxygen atoms in total. The Morgan fingerprint density at radius 1 is 1.35 bits per heavy atom. The average molecular weight is 277 g/mol. The number of halogens is 1. The number of para-hydroxylation sites is 1. The number of benzene rings is 1. The Labute approximate surface area is 107 Å². The van der Waals surface area contributed by atoms with Crippen LogP contribution >= 0.6 is 10.7 Å². The van der Waals surface area contributed by atoms with E-state index in [1.165, 1.54) is 0 Å². The molecule has 0 amide bonds. The third-order valence-electron chi connectivity index (χ3n) is 2.36. The topological polar surface area (TPSA) is 43.4 Å². The summed E-state index contributed by atoms with van der Waals surface area (Å²) in [5, 5.41) is 0. The molecule has 17 heavy (non-hydrogen) atoms. The van der Waals surface area contributed by atoms with Gasteiger partial charge in [0.05, 0.1) is 12.4 Å². The van der Waals surface area contributed by atoms with Crippen LogP contribution in [0.2, 0.25) is 0 Å². The minimum Gasteiger partial charge on any atom is -0.493 e. The number of ether oxygens (including phenoxy) is 1. The van der Waals surface area contributed by atoms with Gasteiger partial charge in [-0.25, -0.2) is 8.42 Å². The van der Waals surface area contributed by atoms with Gasteiger partial charge < -0.3 is 4.74 Å². The minimum absolute atomic E-state index is 0.0666. The van der Waals surface area contributed by atoms with E-state index in [2.05, 4.69) is 6.92 Å². The second kappa shape index (κ2) is 6.26. The van der Waals surface area contributed by atoms with Crippen LogP contribution in [0.25, 0.3) is 0 Å². The molecule has 1 unspecified atom stereocenters. The van der Waals surface area contributed by atoms with Crippen molar-refractivity contribution in [2.75, 3.05) is 12.4 Å². The second-order valence-electron chi connectivity index (χ2n) is 4.08. The van der Waals surface area contributed by atoms with Crippen LogP contribution in [0.5, 0.6) is 5.75 Å². The van der Waals surface area contributed by atoms with Crippen molar-refractivity contribution in [3.8, 4) is 5.75 Å². The molecule has 1 aromatic rings. The zero-order valence-electron chi connectivity index (χ0n) is 10.0. The molecule has 96 valence electrons. The van der Waals surface area contributed by atoms with E-state index in [-0.39, 0.29) is 11.7 Å². The maximum absolute atomic E-state index is 10.9. The van der Waals surface area contributed by atoms with Crippen LogP contribution in [-0.4, -0.2) is 20.8 Å². The Morgan fingerprint density at radius 3 is 2.59 bits per heavy atom. The van der Waals surface area contributed by atoms with Crippen molar-refractivity contribution >= 4 is 19.7 Å². The fraction of sp³-hybridized carbons (Fsp3) is 0.500. The summed E-state index contributed by atoms with van der Waals surface area (Å²) in [7, 11) is 1.73. The molecule has 0 fully saturated rings. The van der Waals surface area contributed by atoms with E-state index in [1.807, 2.05) is 24.3 Å². The van der Waals surface area contributed by atoms with Gasteiger partial charge in [0, 0.05) is 16.6 Å². The van der Waals surface area contributed by atoms with Crippen molar-refractivity contribution in [3.63, 3.8) is 0 Å². The van der Waals surface area contributed by atoms with Crippen LogP contribution in [-0.2, 0) is 15.5 Å². The Kier molecular flexibility index (Phi) is 5.28. The minimum atomic E-state index is -3.45. The number of rotatable bonds is 6. The van der Waals surface area contributed by atoms with Gasteiger partial charge in [-0.2, -0.15) is 0 Å². The molecule has 0 saturated heterocycles. The smallest absolute Gasteiger partial charge is 0.232 e. The van der Waals surface area contributed by atoms with Gasteiger partial charge in [-0.15, -0.1) is 0 Å². The molecular weight excluding hydrogens is 260 g/mol. The van der Waals surface area contributed by atoms with E-state index >= 15 is 0 Å². The standard InChI is InChI=1S/C12H17ClO3S/c1-3-11-6-4-5-7-12(11)16-8-10(2)9-17(13,14)15/h4-7,10H,3,8-9H2,1-2H3. The third kappa shape index (κ3) is 5.41. The third-order valence-corrected chi connectivity index (χ3v) is 3.71. The van der Waals surface area contributed by atoms with E-state index in [0.29, 0.717) is 6.61 Å². The second-order valence-corrected chi connectivity index (χ2v) is 6.90. The molecule has 0 radical (unpaired) electrons. The first kappa shape index (κ1) is 14.3. The van der Waals surface area contributed by atoms with Crippen LogP contribution < -0.4 is 4.74 Å². The van der Waals surface area contributed by atoms with Gasteiger partial charge in [-0.3, -0.25) is 0 Å². The molecule has 1 atom stereocenters. The van der Waals surface area contributed by atoms with Crippen molar-refractivity contribution in [2.24, 2.45) is 5.92 Å². The summed E-state index contributed by atoms with van der Waals surface area (Å²) in [6, 6.07) is 7.74. The summed E-state index contributed by atoms with van der Waals surface area (Å²) >= 11 is 0. The molecule has 0 saturated carbocycles. The van der Waals surface area contributed by atoms with Crippen molar-refractivity contribution in [3.05, 3.63) is 29.8 Å². The molecular formula is C12H17ClO3S. The molecule has 0 aromatic heterocycles. The molecule has 0 aliphatic carbocycles. The Balaban J connectivity index is 2.55. The molecule has 0 spiro atoms. The largest absolute Gasteiger partial charge is 0.493 e.